The lowest BCUT2D eigenvalue weighted by atomic mass is 9.82. The van der Waals surface area contributed by atoms with Gasteiger partial charge in [0.05, 0.1) is 0 Å². The van der Waals surface area contributed by atoms with Gasteiger partial charge in [-0.15, -0.1) is 11.8 Å². The molecule has 0 rings (SSSR count). The Hall–Kier alpha value is -0.880. The van der Waals surface area contributed by atoms with Gasteiger partial charge >= 0.3 is 0 Å². The molecule has 1 atom stereocenters. The summed E-state index contributed by atoms with van der Waals surface area (Å²) in [6.07, 6.45) is 4.39. The standard InChI is InChI=1S/2C12H22/c1-10(2)8-7-9-11(3)12(4,5)6;1-6-12(5,7-2)10-8-9-11(3)4/h10-11H,8H2,1-6H3;11H,6-7,9H2,1-5H3. The Labute approximate surface area is 154 Å². The molecule has 0 heterocycles. The predicted octanol–water partition coefficient (Wildman–Crippen LogP) is 7.58. The molecule has 0 saturated carbocycles. The van der Waals surface area contributed by atoms with Gasteiger partial charge in [-0.25, -0.2) is 0 Å². The van der Waals surface area contributed by atoms with Gasteiger partial charge in [0.25, 0.3) is 0 Å². The van der Waals surface area contributed by atoms with E-state index in [1.807, 2.05) is 0 Å². The second-order valence-corrected chi connectivity index (χ2v) is 9.17. The van der Waals surface area contributed by atoms with Gasteiger partial charge in [0, 0.05) is 24.2 Å². The Morgan fingerprint density at radius 2 is 1.12 bits per heavy atom. The molecule has 0 fully saturated rings. The van der Waals surface area contributed by atoms with Crippen LogP contribution >= 0.6 is 0 Å². The minimum Gasteiger partial charge on any atom is -0.103 e. The monoisotopic (exact) mass is 332 g/mol. The quantitative estimate of drug-likeness (QED) is 0.465. The van der Waals surface area contributed by atoms with Crippen molar-refractivity contribution in [3.05, 3.63) is 0 Å². The van der Waals surface area contributed by atoms with Gasteiger partial charge in [0.2, 0.25) is 0 Å². The molecule has 0 radical (unpaired) electrons. The second kappa shape index (κ2) is 12.5. The molecule has 0 aromatic rings. The minimum atomic E-state index is 0.259. The molecule has 24 heavy (non-hydrogen) atoms. The van der Waals surface area contributed by atoms with Crippen LogP contribution in [0.2, 0.25) is 0 Å². The van der Waals surface area contributed by atoms with E-state index in [9.17, 15) is 0 Å². The maximum absolute atomic E-state index is 3.38. The molecule has 0 aliphatic rings. The Bertz CT molecular complexity index is 419. The summed E-state index contributed by atoms with van der Waals surface area (Å²) in [5.74, 6) is 15.1. The van der Waals surface area contributed by atoms with Gasteiger partial charge in [-0.2, -0.15) is 0 Å². The molecule has 0 spiro atoms. The lowest BCUT2D eigenvalue weighted by Gasteiger charge is -2.22. The summed E-state index contributed by atoms with van der Waals surface area (Å²) < 4.78 is 0. The average Bonchev–Trinajstić information content (AvgIpc) is 2.45. The third kappa shape index (κ3) is 14.7. The van der Waals surface area contributed by atoms with Crippen LogP contribution in [-0.4, -0.2) is 0 Å². The summed E-state index contributed by atoms with van der Waals surface area (Å²) in [4.78, 5) is 0. The number of hydrogen-bond acceptors (Lipinski definition) is 0. The zero-order valence-electron chi connectivity index (χ0n) is 18.6. The van der Waals surface area contributed by atoms with Crippen molar-refractivity contribution in [2.45, 2.75) is 102 Å². The smallest absolute Gasteiger partial charge is 0.0281 e. The first-order valence-corrected chi connectivity index (χ1v) is 9.86. The zero-order valence-corrected chi connectivity index (χ0v) is 18.6. The average molecular weight is 333 g/mol. The fraction of sp³-hybridized carbons (Fsp3) is 0.833. The number of hydrogen-bond donors (Lipinski definition) is 0. The zero-order chi connectivity index (χ0) is 19.4. The van der Waals surface area contributed by atoms with Crippen LogP contribution in [0.25, 0.3) is 0 Å². The SMILES string of the molecule is CC(C)CC#CC(C)C(C)(C)C.CCC(C)(C#CCC(C)C)CC. The van der Waals surface area contributed by atoms with Crippen LogP contribution in [0.3, 0.4) is 0 Å². The van der Waals surface area contributed by atoms with Gasteiger partial charge in [0.15, 0.2) is 0 Å². The van der Waals surface area contributed by atoms with E-state index in [2.05, 4.69) is 99.8 Å². The van der Waals surface area contributed by atoms with E-state index in [-0.39, 0.29) is 5.41 Å². The van der Waals surface area contributed by atoms with Gasteiger partial charge < -0.3 is 0 Å². The summed E-state index contributed by atoms with van der Waals surface area (Å²) in [7, 11) is 0. The molecular weight excluding hydrogens is 288 g/mol. The van der Waals surface area contributed by atoms with Crippen LogP contribution in [0.1, 0.15) is 102 Å². The highest BCUT2D eigenvalue weighted by Gasteiger charge is 2.17. The highest BCUT2D eigenvalue weighted by molar-refractivity contribution is 5.10. The van der Waals surface area contributed by atoms with Crippen molar-refractivity contribution in [2.75, 3.05) is 0 Å². The molecule has 0 heteroatoms. The Morgan fingerprint density at radius 3 is 1.46 bits per heavy atom. The van der Waals surface area contributed by atoms with E-state index in [1.165, 1.54) is 0 Å². The fourth-order valence-corrected chi connectivity index (χ4v) is 1.53. The van der Waals surface area contributed by atoms with Crippen molar-refractivity contribution in [2.24, 2.45) is 28.6 Å². The molecule has 0 aromatic heterocycles. The van der Waals surface area contributed by atoms with Crippen LogP contribution < -0.4 is 0 Å². The van der Waals surface area contributed by atoms with E-state index in [0.717, 1.165) is 25.7 Å². The van der Waals surface area contributed by atoms with Crippen molar-refractivity contribution in [3.8, 4) is 23.7 Å². The molecule has 0 saturated heterocycles. The molecule has 0 aromatic carbocycles. The van der Waals surface area contributed by atoms with Crippen molar-refractivity contribution in [1.29, 1.82) is 0 Å². The van der Waals surface area contributed by atoms with Crippen molar-refractivity contribution < 1.29 is 0 Å². The topological polar surface area (TPSA) is 0 Å². The third-order valence-electron chi connectivity index (χ3n) is 4.59. The predicted molar refractivity (Wildman–Crippen MR) is 112 cm³/mol. The van der Waals surface area contributed by atoms with Crippen LogP contribution in [0.15, 0.2) is 0 Å². The highest BCUT2D eigenvalue weighted by Crippen LogP contribution is 2.24. The maximum Gasteiger partial charge on any atom is 0.0281 e. The van der Waals surface area contributed by atoms with Crippen LogP contribution in [-0.2, 0) is 0 Å². The molecule has 0 amide bonds. The Morgan fingerprint density at radius 1 is 0.708 bits per heavy atom. The molecular formula is C24H44. The Balaban J connectivity index is 0. The van der Waals surface area contributed by atoms with Crippen molar-refractivity contribution >= 4 is 0 Å². The van der Waals surface area contributed by atoms with Gasteiger partial charge in [0.1, 0.15) is 0 Å². The summed E-state index contributed by atoms with van der Waals surface area (Å²) in [6.45, 7) is 24.4. The first-order valence-electron chi connectivity index (χ1n) is 9.86. The van der Waals surface area contributed by atoms with Gasteiger partial charge in [-0.3, -0.25) is 0 Å². The summed E-state index contributed by atoms with van der Waals surface area (Å²) in [6, 6.07) is 0. The second-order valence-electron chi connectivity index (χ2n) is 9.17. The molecule has 0 N–H and O–H groups in total. The summed E-state index contributed by atoms with van der Waals surface area (Å²) >= 11 is 0. The first kappa shape index (κ1) is 25.4. The third-order valence-corrected chi connectivity index (χ3v) is 4.59. The normalized spacial score (nSPS) is 12.5. The fourth-order valence-electron chi connectivity index (χ4n) is 1.53. The molecule has 0 nitrogen and oxygen atoms in total. The highest BCUT2D eigenvalue weighted by atomic mass is 14.2. The van der Waals surface area contributed by atoms with Crippen molar-refractivity contribution in [1.82, 2.24) is 0 Å². The molecule has 0 aliphatic heterocycles. The van der Waals surface area contributed by atoms with Crippen LogP contribution in [0, 0.1) is 52.3 Å². The van der Waals surface area contributed by atoms with E-state index in [1.54, 1.807) is 0 Å². The maximum atomic E-state index is 3.38. The van der Waals surface area contributed by atoms with Crippen LogP contribution in [0.4, 0.5) is 0 Å². The van der Waals surface area contributed by atoms with E-state index >= 15 is 0 Å². The molecule has 140 valence electrons. The Kier molecular flexibility index (Phi) is 13.2. The largest absolute Gasteiger partial charge is 0.103 e. The summed E-state index contributed by atoms with van der Waals surface area (Å²) in [5, 5.41) is 0. The minimum absolute atomic E-state index is 0.259. The van der Waals surface area contributed by atoms with Crippen LogP contribution in [0.5, 0.6) is 0 Å². The lowest BCUT2D eigenvalue weighted by molar-refractivity contribution is 0.324. The van der Waals surface area contributed by atoms with Crippen molar-refractivity contribution in [3.63, 3.8) is 0 Å². The first-order chi connectivity index (χ1) is 10.9. The molecule has 0 bridgehead atoms. The van der Waals surface area contributed by atoms with E-state index in [4.69, 9.17) is 0 Å². The van der Waals surface area contributed by atoms with E-state index < -0.39 is 0 Å². The number of rotatable bonds is 4. The summed E-state index contributed by atoms with van der Waals surface area (Å²) in [5.41, 5.74) is 0.582. The van der Waals surface area contributed by atoms with Gasteiger partial charge in [-0.1, -0.05) is 81.1 Å². The van der Waals surface area contributed by atoms with E-state index in [0.29, 0.717) is 23.2 Å². The lowest BCUT2D eigenvalue weighted by Crippen LogP contribution is -2.15. The molecule has 1 unspecified atom stereocenters. The molecule has 0 aliphatic carbocycles. The van der Waals surface area contributed by atoms with Gasteiger partial charge in [-0.05, 0) is 37.0 Å².